The predicted molar refractivity (Wildman–Crippen MR) is 121 cm³/mol. The largest absolute Gasteiger partial charge is 0.494 e. The number of aliphatic imine (C=N–C) groups is 1. The third-order valence-corrected chi connectivity index (χ3v) is 4.56. The number of hydrogen-bond acceptors (Lipinski definition) is 5. The number of Topliss-reactive ketones (excluding diaryl/α,β-unsaturated/α-hetero) is 1. The van der Waals surface area contributed by atoms with Gasteiger partial charge < -0.3 is 10.1 Å². The normalized spacial score (nSPS) is 13.2. The minimum atomic E-state index is 0.102. The smallest absolute Gasteiger partial charge is 0.169 e. The number of benzene rings is 1. The molecular weight excluding hydrogens is 386 g/mol. The van der Waals surface area contributed by atoms with Crippen LogP contribution in [0.4, 0.5) is 11.4 Å². The summed E-state index contributed by atoms with van der Waals surface area (Å²) in [6.07, 6.45) is 5.17. The van der Waals surface area contributed by atoms with Crippen LogP contribution in [0.5, 0.6) is 5.75 Å². The molecule has 0 unspecified atom stereocenters. The van der Waals surface area contributed by atoms with E-state index in [-0.39, 0.29) is 11.7 Å². The zero-order valence-electron chi connectivity index (χ0n) is 17.5. The molecule has 1 fully saturated rings. The van der Waals surface area contributed by atoms with E-state index in [1.54, 1.807) is 25.4 Å². The lowest BCUT2D eigenvalue weighted by molar-refractivity contribution is 0.0968. The van der Waals surface area contributed by atoms with Crippen LogP contribution in [-0.2, 0) is 0 Å². The summed E-state index contributed by atoms with van der Waals surface area (Å²) < 4.78 is 5.63. The molecule has 1 aliphatic carbocycles. The van der Waals surface area contributed by atoms with Crippen molar-refractivity contribution < 1.29 is 9.53 Å². The molecule has 1 heterocycles. The SMILES string of the molecule is C=CC.CCN=C(C)c1cccc(Nc2cc(Cl)ncc2C(=O)C2CC2)c1OC. The van der Waals surface area contributed by atoms with Gasteiger partial charge in [-0.15, -0.1) is 6.58 Å². The number of carbonyl (C=O) groups excluding carboxylic acids is 1. The maximum atomic E-state index is 12.6. The Morgan fingerprint density at radius 2 is 2.07 bits per heavy atom. The molecule has 1 aromatic heterocycles. The molecule has 29 heavy (non-hydrogen) atoms. The summed E-state index contributed by atoms with van der Waals surface area (Å²) in [6, 6.07) is 7.48. The molecule has 2 aromatic rings. The van der Waals surface area contributed by atoms with Crippen LogP contribution >= 0.6 is 11.6 Å². The number of anilines is 2. The van der Waals surface area contributed by atoms with Gasteiger partial charge in [0.15, 0.2) is 11.5 Å². The van der Waals surface area contributed by atoms with E-state index in [0.717, 1.165) is 29.8 Å². The Morgan fingerprint density at radius 3 is 2.66 bits per heavy atom. The predicted octanol–water partition coefficient (Wildman–Crippen LogP) is 6.10. The first-order valence-electron chi connectivity index (χ1n) is 9.69. The highest BCUT2D eigenvalue weighted by atomic mass is 35.5. The highest BCUT2D eigenvalue weighted by Crippen LogP contribution is 2.37. The van der Waals surface area contributed by atoms with Crippen LogP contribution in [0.25, 0.3) is 0 Å². The number of halogens is 1. The number of aromatic nitrogens is 1. The van der Waals surface area contributed by atoms with Crippen molar-refractivity contribution in [3.8, 4) is 5.75 Å². The second kappa shape index (κ2) is 10.8. The summed E-state index contributed by atoms with van der Waals surface area (Å²) in [6.45, 7) is 9.90. The summed E-state index contributed by atoms with van der Waals surface area (Å²) in [4.78, 5) is 21.1. The molecule has 0 spiro atoms. The summed E-state index contributed by atoms with van der Waals surface area (Å²) in [5.74, 6) is 0.890. The fraction of sp³-hybridized carbons (Fsp3) is 0.348. The third-order valence-electron chi connectivity index (χ3n) is 4.36. The highest BCUT2D eigenvalue weighted by molar-refractivity contribution is 6.29. The van der Waals surface area contributed by atoms with Gasteiger partial charge in [-0.2, -0.15) is 0 Å². The molecule has 0 radical (unpaired) electrons. The van der Waals surface area contributed by atoms with Gasteiger partial charge in [0, 0.05) is 29.9 Å². The van der Waals surface area contributed by atoms with Crippen LogP contribution < -0.4 is 10.1 Å². The van der Waals surface area contributed by atoms with Crippen LogP contribution in [0.1, 0.15) is 49.5 Å². The lowest BCUT2D eigenvalue weighted by Gasteiger charge is -2.17. The quantitative estimate of drug-likeness (QED) is 0.258. The van der Waals surface area contributed by atoms with Gasteiger partial charge in [-0.3, -0.25) is 9.79 Å². The van der Waals surface area contributed by atoms with Gasteiger partial charge in [0.05, 0.1) is 24.0 Å². The van der Waals surface area contributed by atoms with E-state index in [0.29, 0.717) is 28.7 Å². The number of allylic oxidation sites excluding steroid dienone is 1. The molecule has 0 atom stereocenters. The average Bonchev–Trinajstić information content (AvgIpc) is 3.53. The number of methoxy groups -OCH3 is 1. The Kier molecular flexibility index (Phi) is 8.40. The van der Waals surface area contributed by atoms with Crippen molar-refractivity contribution in [2.45, 2.75) is 33.6 Å². The van der Waals surface area contributed by atoms with Crippen LogP contribution in [0.15, 0.2) is 48.1 Å². The number of nitrogens with zero attached hydrogens (tertiary/aromatic N) is 2. The number of para-hydroxylation sites is 1. The van der Waals surface area contributed by atoms with Gasteiger partial charge in [-0.1, -0.05) is 23.7 Å². The molecule has 0 aliphatic heterocycles. The number of ketones is 1. The number of pyridine rings is 1. The monoisotopic (exact) mass is 413 g/mol. The maximum Gasteiger partial charge on any atom is 0.169 e. The number of nitrogens with one attached hydrogen (secondary N) is 1. The molecule has 1 aromatic carbocycles. The van der Waals surface area contributed by atoms with Crippen LogP contribution in [0, 0.1) is 5.92 Å². The molecule has 1 N–H and O–H groups in total. The molecule has 0 bridgehead atoms. The summed E-state index contributed by atoms with van der Waals surface area (Å²) in [7, 11) is 1.62. The van der Waals surface area contributed by atoms with Gasteiger partial charge in [-0.05, 0) is 51.8 Å². The molecular formula is C23H28ClN3O2. The summed E-state index contributed by atoms with van der Waals surface area (Å²) in [5, 5.41) is 3.64. The Morgan fingerprint density at radius 1 is 1.38 bits per heavy atom. The van der Waals surface area contributed by atoms with E-state index in [4.69, 9.17) is 16.3 Å². The van der Waals surface area contributed by atoms with Crippen molar-refractivity contribution in [1.82, 2.24) is 4.98 Å². The second-order valence-corrected chi connectivity index (χ2v) is 7.06. The second-order valence-electron chi connectivity index (χ2n) is 6.67. The van der Waals surface area contributed by atoms with E-state index in [2.05, 4.69) is 21.9 Å². The van der Waals surface area contributed by atoms with Gasteiger partial charge >= 0.3 is 0 Å². The lowest BCUT2D eigenvalue weighted by Crippen LogP contribution is -2.08. The topological polar surface area (TPSA) is 63.6 Å². The van der Waals surface area contributed by atoms with Crippen LogP contribution in [0.3, 0.4) is 0 Å². The first-order chi connectivity index (χ1) is 14.0. The Labute approximate surface area is 177 Å². The molecule has 0 saturated heterocycles. The van der Waals surface area contributed by atoms with Crippen LogP contribution in [-0.4, -0.2) is 30.1 Å². The average molecular weight is 414 g/mol. The number of hydrogen-bond donors (Lipinski definition) is 1. The van der Waals surface area contributed by atoms with Gasteiger partial charge in [-0.25, -0.2) is 4.98 Å². The standard InChI is InChI=1S/C20H22ClN3O2.C3H6/c1-4-22-12(2)14-6-5-7-16(20(14)26-3)24-17-10-18(21)23-11-15(17)19(25)13-8-9-13;1-3-2/h5-7,10-11,13H,4,8-9H2,1-3H3,(H,23,24);3H,1H2,2H3. The molecule has 1 aliphatic rings. The van der Waals surface area contributed by atoms with E-state index in [1.807, 2.05) is 39.0 Å². The molecule has 154 valence electrons. The third kappa shape index (κ3) is 5.91. The van der Waals surface area contributed by atoms with Crippen molar-refractivity contribution in [2.75, 3.05) is 19.0 Å². The zero-order valence-corrected chi connectivity index (χ0v) is 18.2. The van der Waals surface area contributed by atoms with Crippen molar-refractivity contribution in [1.29, 1.82) is 0 Å². The van der Waals surface area contributed by atoms with Gasteiger partial charge in [0.1, 0.15) is 5.15 Å². The molecule has 5 nitrogen and oxygen atoms in total. The Hall–Kier alpha value is -2.66. The fourth-order valence-electron chi connectivity index (χ4n) is 2.90. The Balaban J connectivity index is 0.000000941. The highest BCUT2D eigenvalue weighted by Gasteiger charge is 2.32. The molecule has 1 saturated carbocycles. The molecule has 0 amide bonds. The summed E-state index contributed by atoms with van der Waals surface area (Å²) >= 11 is 6.07. The lowest BCUT2D eigenvalue weighted by atomic mass is 10.1. The van der Waals surface area contributed by atoms with Crippen molar-refractivity contribution >= 4 is 34.5 Å². The van der Waals surface area contributed by atoms with E-state index in [1.165, 1.54) is 0 Å². The summed E-state index contributed by atoms with van der Waals surface area (Å²) in [5.41, 5.74) is 3.76. The van der Waals surface area contributed by atoms with E-state index in [9.17, 15) is 4.79 Å². The first kappa shape index (κ1) is 22.6. The minimum absolute atomic E-state index is 0.102. The number of rotatable bonds is 7. The number of ether oxygens (including phenoxy) is 1. The van der Waals surface area contributed by atoms with Gasteiger partial charge in [0.2, 0.25) is 0 Å². The van der Waals surface area contributed by atoms with Crippen molar-refractivity contribution in [3.05, 3.63) is 59.4 Å². The minimum Gasteiger partial charge on any atom is -0.494 e. The Bertz CT molecular complexity index is 905. The van der Waals surface area contributed by atoms with E-state index < -0.39 is 0 Å². The zero-order chi connectivity index (χ0) is 21.4. The van der Waals surface area contributed by atoms with E-state index >= 15 is 0 Å². The molecule has 6 heteroatoms. The maximum absolute atomic E-state index is 12.6. The van der Waals surface area contributed by atoms with Crippen LogP contribution in [0.2, 0.25) is 5.15 Å². The molecule has 3 rings (SSSR count). The van der Waals surface area contributed by atoms with Crippen molar-refractivity contribution in [2.24, 2.45) is 10.9 Å². The number of carbonyl (C=O) groups is 1. The fourth-order valence-corrected chi connectivity index (χ4v) is 3.06. The first-order valence-corrected chi connectivity index (χ1v) is 10.1. The van der Waals surface area contributed by atoms with Crippen molar-refractivity contribution in [3.63, 3.8) is 0 Å². The van der Waals surface area contributed by atoms with Gasteiger partial charge in [0.25, 0.3) is 0 Å².